The van der Waals surface area contributed by atoms with Gasteiger partial charge in [-0.2, -0.15) is 0 Å². The van der Waals surface area contributed by atoms with Crippen LogP contribution in [0.15, 0.2) is 54.6 Å². The van der Waals surface area contributed by atoms with Crippen molar-refractivity contribution in [3.63, 3.8) is 0 Å². The fraction of sp³-hybridized carbons (Fsp3) is 0.375. The Morgan fingerprint density at radius 3 is 2.45 bits per heavy atom. The van der Waals surface area contributed by atoms with Crippen LogP contribution in [0.4, 0.5) is 16.2 Å². The smallest absolute Gasteiger partial charge is 0.323 e. The predicted octanol–water partition coefficient (Wildman–Crippen LogP) is 5.65. The maximum Gasteiger partial charge on any atom is 0.323 e. The summed E-state index contributed by atoms with van der Waals surface area (Å²) in [6.07, 6.45) is -0.230. The number of aliphatic hydroxyl groups excluding tert-OH is 1. The van der Waals surface area contributed by atoms with Gasteiger partial charge in [0.2, 0.25) is 12.7 Å². The van der Waals surface area contributed by atoms with Crippen molar-refractivity contribution in [2.75, 3.05) is 44.2 Å². The summed E-state index contributed by atoms with van der Waals surface area (Å²) in [5, 5.41) is 16.6. The molecular weight excluding hydrogens is 607 g/mol. The lowest BCUT2D eigenvalue weighted by atomic mass is 10.0. The van der Waals surface area contributed by atoms with Crippen molar-refractivity contribution in [3.05, 3.63) is 75.8 Å². The van der Waals surface area contributed by atoms with Crippen molar-refractivity contribution >= 4 is 46.5 Å². The summed E-state index contributed by atoms with van der Waals surface area (Å²) in [6.45, 7) is 5.46. The number of rotatable bonds is 8. The summed E-state index contributed by atoms with van der Waals surface area (Å²) in [6, 6.07) is 15.2. The molecule has 0 aromatic heterocycles. The second kappa shape index (κ2) is 13.9. The van der Waals surface area contributed by atoms with Crippen LogP contribution >= 0.6 is 23.2 Å². The largest absolute Gasteiger partial charge is 0.488 e. The fourth-order valence-electron chi connectivity index (χ4n) is 5.31. The number of nitrogens with one attached hydrogen (secondary N) is 2. The third-order valence-corrected chi connectivity index (χ3v) is 8.47. The quantitative estimate of drug-likeness (QED) is 0.291. The molecule has 3 aromatic rings. The summed E-state index contributed by atoms with van der Waals surface area (Å²) in [4.78, 5) is 30.2. The molecule has 0 unspecified atom stereocenters. The highest BCUT2D eigenvalue weighted by molar-refractivity contribution is 6.42. The lowest BCUT2D eigenvalue weighted by molar-refractivity contribution is -0.134. The highest BCUT2D eigenvalue weighted by Crippen LogP contribution is 2.34. The van der Waals surface area contributed by atoms with Crippen molar-refractivity contribution in [3.8, 4) is 17.2 Å². The standard InChI is InChI=1S/C32H36Cl2N4O6/c1-19-14-38(20(2)17-39)31(40)12-22-11-23(35-32(41)36-24-6-9-28-29(13-24)43-18-42-28)5-8-27(22)44-30(19)16-37(3)15-21-4-7-25(33)26(34)10-21/h4-11,13,19-20,30,39H,12,14-18H2,1-3H3,(H2,35,36,41)/t19-,20-,30-/m0/s1. The van der Waals surface area contributed by atoms with Crippen LogP contribution in [-0.4, -0.2) is 72.5 Å². The number of hydrogen-bond acceptors (Lipinski definition) is 7. The van der Waals surface area contributed by atoms with E-state index in [2.05, 4.69) is 15.5 Å². The molecule has 3 aromatic carbocycles. The molecule has 3 N–H and O–H groups in total. The summed E-state index contributed by atoms with van der Waals surface area (Å²) in [7, 11) is 2.00. The lowest BCUT2D eigenvalue weighted by Crippen LogP contribution is -2.47. The number of carbonyl (C=O) groups is 2. The third-order valence-electron chi connectivity index (χ3n) is 7.73. The minimum atomic E-state index is -0.454. The van der Waals surface area contributed by atoms with Gasteiger partial charge >= 0.3 is 6.03 Å². The normalized spacial score (nSPS) is 18.5. The first-order valence-corrected chi connectivity index (χ1v) is 15.1. The van der Waals surface area contributed by atoms with Crippen molar-refractivity contribution in [1.82, 2.24) is 9.80 Å². The Hall–Kier alpha value is -3.70. The predicted molar refractivity (Wildman–Crippen MR) is 170 cm³/mol. The molecule has 12 heteroatoms. The molecule has 0 radical (unpaired) electrons. The van der Waals surface area contributed by atoms with E-state index in [9.17, 15) is 14.7 Å². The van der Waals surface area contributed by atoms with Gasteiger partial charge in [-0.25, -0.2) is 4.79 Å². The van der Waals surface area contributed by atoms with Gasteiger partial charge < -0.3 is 34.9 Å². The Morgan fingerprint density at radius 2 is 1.73 bits per heavy atom. The molecule has 5 rings (SSSR count). The zero-order chi connectivity index (χ0) is 31.4. The number of carbonyl (C=O) groups excluding carboxylic acids is 2. The molecular formula is C32H36Cl2N4O6. The van der Waals surface area contributed by atoms with E-state index in [0.717, 1.165) is 5.56 Å². The van der Waals surface area contributed by atoms with Gasteiger partial charge in [0.1, 0.15) is 11.9 Å². The number of hydrogen-bond donors (Lipinski definition) is 3. The molecule has 10 nitrogen and oxygen atoms in total. The van der Waals surface area contributed by atoms with Gasteiger partial charge in [-0.15, -0.1) is 0 Å². The Morgan fingerprint density at radius 1 is 1.02 bits per heavy atom. The number of benzene rings is 3. The highest BCUT2D eigenvalue weighted by Gasteiger charge is 2.31. The summed E-state index contributed by atoms with van der Waals surface area (Å²) < 4.78 is 17.3. The number of anilines is 2. The molecule has 0 aliphatic carbocycles. The number of halogens is 2. The zero-order valence-corrected chi connectivity index (χ0v) is 26.3. The van der Waals surface area contributed by atoms with Crippen molar-refractivity contribution in [2.45, 2.75) is 39.0 Å². The second-order valence-electron chi connectivity index (χ2n) is 11.3. The van der Waals surface area contributed by atoms with Crippen molar-refractivity contribution in [2.24, 2.45) is 5.92 Å². The van der Waals surface area contributed by atoms with Crippen LogP contribution in [0.2, 0.25) is 10.0 Å². The number of nitrogens with zero attached hydrogens (tertiary/aromatic N) is 2. The van der Waals surface area contributed by atoms with Gasteiger partial charge in [0.25, 0.3) is 0 Å². The molecule has 2 heterocycles. The molecule has 0 saturated carbocycles. The Bertz CT molecular complexity index is 1520. The van der Waals surface area contributed by atoms with E-state index in [1.54, 1.807) is 47.4 Å². The molecule has 0 bridgehead atoms. The van der Waals surface area contributed by atoms with Crippen LogP contribution < -0.4 is 24.8 Å². The van der Waals surface area contributed by atoms with Crippen LogP contribution in [0.5, 0.6) is 17.2 Å². The summed E-state index contributed by atoms with van der Waals surface area (Å²) in [5.74, 6) is 1.56. The first kappa shape index (κ1) is 31.7. The number of fused-ring (bicyclic) bond motifs is 2. The van der Waals surface area contributed by atoms with Crippen LogP contribution in [0.3, 0.4) is 0 Å². The molecule has 0 saturated heterocycles. The zero-order valence-electron chi connectivity index (χ0n) is 24.8. The Kier molecular flexibility index (Phi) is 10.1. The van der Waals surface area contributed by atoms with Crippen LogP contribution in [-0.2, 0) is 17.8 Å². The van der Waals surface area contributed by atoms with Gasteiger partial charge in [-0.3, -0.25) is 9.69 Å². The molecule has 0 spiro atoms. The minimum absolute atomic E-state index is 0.0531. The fourth-order valence-corrected chi connectivity index (χ4v) is 5.64. The first-order valence-electron chi connectivity index (χ1n) is 14.4. The third kappa shape index (κ3) is 7.68. The number of amides is 3. The van der Waals surface area contributed by atoms with Gasteiger partial charge in [-0.05, 0) is 62.0 Å². The number of urea groups is 1. The van der Waals surface area contributed by atoms with E-state index < -0.39 is 6.03 Å². The average molecular weight is 644 g/mol. The Balaban J connectivity index is 1.34. The van der Waals surface area contributed by atoms with Crippen molar-refractivity contribution < 1.29 is 28.9 Å². The number of likely N-dealkylation sites (N-methyl/N-ethyl adjacent to an activating group) is 1. The average Bonchev–Trinajstić information content (AvgIpc) is 3.46. The summed E-state index contributed by atoms with van der Waals surface area (Å²) in [5.41, 5.74) is 2.69. The van der Waals surface area contributed by atoms with Crippen LogP contribution in [0, 0.1) is 5.92 Å². The Labute approximate surface area is 266 Å². The van der Waals surface area contributed by atoms with Gasteiger partial charge in [0.05, 0.1) is 29.1 Å². The topological polar surface area (TPSA) is 113 Å². The van der Waals surface area contributed by atoms with Crippen molar-refractivity contribution in [1.29, 1.82) is 0 Å². The van der Waals surface area contributed by atoms with E-state index >= 15 is 0 Å². The maximum atomic E-state index is 13.5. The van der Waals surface area contributed by atoms with E-state index in [1.165, 1.54) is 0 Å². The molecule has 3 amide bonds. The van der Waals surface area contributed by atoms with E-state index in [-0.39, 0.29) is 43.8 Å². The molecule has 3 atom stereocenters. The number of ether oxygens (including phenoxy) is 3. The highest BCUT2D eigenvalue weighted by atomic mass is 35.5. The monoisotopic (exact) mass is 642 g/mol. The first-order chi connectivity index (χ1) is 21.1. The van der Waals surface area contributed by atoms with E-state index in [1.807, 2.05) is 33.0 Å². The molecule has 44 heavy (non-hydrogen) atoms. The number of aliphatic hydroxyl groups is 1. The molecule has 2 aliphatic heterocycles. The van der Waals surface area contributed by atoms with Gasteiger partial charge in [0.15, 0.2) is 11.5 Å². The van der Waals surface area contributed by atoms with Crippen LogP contribution in [0.25, 0.3) is 0 Å². The second-order valence-corrected chi connectivity index (χ2v) is 12.1. The molecule has 0 fully saturated rings. The van der Waals surface area contributed by atoms with Gasteiger partial charge in [-0.1, -0.05) is 36.2 Å². The summed E-state index contributed by atoms with van der Waals surface area (Å²) >= 11 is 12.3. The van der Waals surface area contributed by atoms with E-state index in [4.69, 9.17) is 37.4 Å². The lowest BCUT2D eigenvalue weighted by Gasteiger charge is -2.34. The minimum Gasteiger partial charge on any atom is -0.488 e. The van der Waals surface area contributed by atoms with Crippen LogP contribution in [0.1, 0.15) is 25.0 Å². The van der Waals surface area contributed by atoms with E-state index in [0.29, 0.717) is 63.9 Å². The maximum absolute atomic E-state index is 13.5. The van der Waals surface area contributed by atoms with Gasteiger partial charge in [0, 0.05) is 48.6 Å². The molecule has 234 valence electrons. The molecule has 2 aliphatic rings. The SMILES string of the molecule is C[C@H]1CN([C@@H](C)CO)C(=O)Cc2cc(NC(=O)Nc3ccc4c(c3)OCO4)ccc2O[C@H]1CN(C)Cc1ccc(Cl)c(Cl)c1.